The third kappa shape index (κ3) is 4.50. The van der Waals surface area contributed by atoms with E-state index in [1.165, 1.54) is 40.2 Å². The first-order chi connectivity index (χ1) is 12.5. The molecule has 3 aromatic rings. The van der Waals surface area contributed by atoms with Crippen molar-refractivity contribution in [2.45, 2.75) is 19.5 Å². The summed E-state index contributed by atoms with van der Waals surface area (Å²) in [5.74, 6) is -1.60. The number of nitrogens with zero attached hydrogens (tertiary/aromatic N) is 5. The van der Waals surface area contributed by atoms with E-state index in [9.17, 15) is 14.0 Å². The molecule has 2 heterocycles. The van der Waals surface area contributed by atoms with Crippen molar-refractivity contribution in [3.63, 3.8) is 0 Å². The van der Waals surface area contributed by atoms with E-state index in [2.05, 4.69) is 20.5 Å². The highest BCUT2D eigenvalue weighted by Crippen LogP contribution is 2.07. The maximum atomic E-state index is 13.2. The van der Waals surface area contributed by atoms with Gasteiger partial charge in [-0.25, -0.2) is 18.9 Å². The topological polar surface area (TPSA) is 115 Å². The third-order valence-corrected chi connectivity index (χ3v) is 3.47. The summed E-state index contributed by atoms with van der Waals surface area (Å²) in [6, 6.07) is 6.12. The normalized spacial score (nSPS) is 10.7. The molecule has 2 aromatic heterocycles. The Morgan fingerprint density at radius 1 is 1.27 bits per heavy atom. The van der Waals surface area contributed by atoms with E-state index < -0.39 is 5.97 Å². The summed E-state index contributed by atoms with van der Waals surface area (Å²) in [5.41, 5.74) is 0.781. The van der Waals surface area contributed by atoms with Gasteiger partial charge >= 0.3 is 5.97 Å². The molecule has 1 aromatic carbocycles. The van der Waals surface area contributed by atoms with Gasteiger partial charge in [-0.3, -0.25) is 14.8 Å². The van der Waals surface area contributed by atoms with Crippen LogP contribution in [0.25, 0.3) is 0 Å². The van der Waals surface area contributed by atoms with Gasteiger partial charge in [0.15, 0.2) is 0 Å². The van der Waals surface area contributed by atoms with Crippen LogP contribution >= 0.6 is 0 Å². The lowest BCUT2D eigenvalue weighted by molar-refractivity contribution is -0.116. The molecule has 2 N–H and O–H groups in total. The van der Waals surface area contributed by atoms with Crippen LogP contribution in [-0.4, -0.2) is 41.5 Å². The molecule has 3 rings (SSSR count). The van der Waals surface area contributed by atoms with Crippen LogP contribution in [0, 0.1) is 5.82 Å². The second kappa shape index (κ2) is 7.55. The Labute approximate surface area is 147 Å². The van der Waals surface area contributed by atoms with Gasteiger partial charge in [0, 0.05) is 19.2 Å². The van der Waals surface area contributed by atoms with Crippen LogP contribution in [0.4, 0.5) is 10.3 Å². The summed E-state index contributed by atoms with van der Waals surface area (Å²) in [6.45, 7) is 0.551. The molecule has 26 heavy (non-hydrogen) atoms. The molecule has 0 fully saturated rings. The number of aromatic carboxylic acids is 1. The Hall–Kier alpha value is -3.56. The van der Waals surface area contributed by atoms with Gasteiger partial charge in [-0.2, -0.15) is 5.10 Å². The van der Waals surface area contributed by atoms with E-state index in [1.807, 2.05) is 0 Å². The molecule has 0 aliphatic heterocycles. The first-order valence-corrected chi connectivity index (χ1v) is 7.69. The summed E-state index contributed by atoms with van der Waals surface area (Å²) in [7, 11) is 0. The van der Waals surface area contributed by atoms with Crippen molar-refractivity contribution in [3.8, 4) is 0 Å². The number of carbonyl (C=O) groups is 2. The van der Waals surface area contributed by atoms with Crippen LogP contribution in [0.5, 0.6) is 0 Å². The average Bonchev–Trinajstić information content (AvgIpc) is 3.23. The van der Waals surface area contributed by atoms with Gasteiger partial charge < -0.3 is 5.11 Å². The minimum Gasteiger partial charge on any atom is -0.478 e. The molecule has 10 heteroatoms. The number of carboxylic acids is 1. The standard InChI is InChI=1S/C16H15FN6O3/c17-13-3-1-2-11(6-13)8-23-10-18-16(21-23)20-14(24)4-5-22-9-12(7-19-22)15(25)26/h1-3,6-7,9-10H,4-5,8H2,(H,25,26)(H,20,21,24). The van der Waals surface area contributed by atoms with Crippen molar-refractivity contribution >= 4 is 17.8 Å². The van der Waals surface area contributed by atoms with Gasteiger partial charge in [0.2, 0.25) is 11.9 Å². The van der Waals surface area contributed by atoms with E-state index in [1.54, 1.807) is 12.1 Å². The number of nitrogens with one attached hydrogen (secondary N) is 1. The lowest BCUT2D eigenvalue weighted by atomic mass is 10.2. The van der Waals surface area contributed by atoms with Gasteiger partial charge in [-0.1, -0.05) is 12.1 Å². The molecule has 0 saturated heterocycles. The molecule has 0 aliphatic carbocycles. The van der Waals surface area contributed by atoms with Crippen LogP contribution < -0.4 is 5.32 Å². The number of hydrogen-bond acceptors (Lipinski definition) is 5. The number of aryl methyl sites for hydroxylation is 1. The summed E-state index contributed by atoms with van der Waals surface area (Å²) in [6.07, 6.45) is 4.09. The minimum absolute atomic E-state index is 0.0585. The van der Waals surface area contributed by atoms with Crippen molar-refractivity contribution in [2.75, 3.05) is 5.32 Å². The third-order valence-electron chi connectivity index (χ3n) is 3.47. The number of anilines is 1. The van der Waals surface area contributed by atoms with Gasteiger partial charge in [0.05, 0.1) is 18.3 Å². The summed E-state index contributed by atoms with van der Waals surface area (Å²) >= 11 is 0. The molecular weight excluding hydrogens is 343 g/mol. The Morgan fingerprint density at radius 2 is 2.12 bits per heavy atom. The van der Waals surface area contributed by atoms with Crippen molar-refractivity contribution < 1.29 is 19.1 Å². The van der Waals surface area contributed by atoms with Crippen molar-refractivity contribution in [2.24, 2.45) is 0 Å². The molecule has 9 nitrogen and oxygen atoms in total. The Balaban J connectivity index is 1.51. The zero-order valence-electron chi connectivity index (χ0n) is 13.5. The Bertz CT molecular complexity index is 935. The highest BCUT2D eigenvalue weighted by Gasteiger charge is 2.10. The van der Waals surface area contributed by atoms with Crippen molar-refractivity contribution in [1.82, 2.24) is 24.5 Å². The number of benzene rings is 1. The predicted molar refractivity (Wildman–Crippen MR) is 88.0 cm³/mol. The largest absolute Gasteiger partial charge is 0.478 e. The highest BCUT2D eigenvalue weighted by atomic mass is 19.1. The molecule has 0 radical (unpaired) electrons. The average molecular weight is 358 g/mol. The molecular formula is C16H15FN6O3. The Morgan fingerprint density at radius 3 is 2.85 bits per heavy atom. The summed E-state index contributed by atoms with van der Waals surface area (Å²) in [5, 5.41) is 19.3. The number of carbonyl (C=O) groups excluding carboxylic acids is 1. The van der Waals surface area contributed by atoms with Gasteiger partial charge in [-0.05, 0) is 17.7 Å². The van der Waals surface area contributed by atoms with Gasteiger partial charge in [0.25, 0.3) is 0 Å². The molecule has 1 amide bonds. The molecule has 0 unspecified atom stereocenters. The molecule has 134 valence electrons. The first-order valence-electron chi connectivity index (χ1n) is 7.69. The Kier molecular flexibility index (Phi) is 5.02. The van der Waals surface area contributed by atoms with E-state index in [0.717, 1.165) is 5.56 Å². The second-order valence-electron chi connectivity index (χ2n) is 5.49. The number of aromatic nitrogens is 5. The lowest BCUT2D eigenvalue weighted by Gasteiger charge is -2.02. The van der Waals surface area contributed by atoms with E-state index in [-0.39, 0.29) is 36.2 Å². The van der Waals surface area contributed by atoms with Crippen LogP contribution in [0.2, 0.25) is 0 Å². The lowest BCUT2D eigenvalue weighted by Crippen LogP contribution is -2.16. The van der Waals surface area contributed by atoms with Gasteiger partial charge in [-0.15, -0.1) is 5.10 Å². The maximum absolute atomic E-state index is 13.2. The fourth-order valence-corrected chi connectivity index (χ4v) is 2.25. The second-order valence-corrected chi connectivity index (χ2v) is 5.49. The predicted octanol–water partition coefficient (Wildman–Crippen LogP) is 1.39. The fourth-order valence-electron chi connectivity index (χ4n) is 2.25. The fraction of sp³-hybridized carbons (Fsp3) is 0.188. The zero-order valence-corrected chi connectivity index (χ0v) is 13.5. The van der Waals surface area contributed by atoms with Crippen LogP contribution in [-0.2, 0) is 17.9 Å². The monoisotopic (exact) mass is 358 g/mol. The minimum atomic E-state index is -1.08. The number of carboxylic acid groups (broad SMARTS) is 1. The number of amides is 1. The quantitative estimate of drug-likeness (QED) is 0.659. The van der Waals surface area contributed by atoms with Crippen molar-refractivity contribution in [1.29, 1.82) is 0 Å². The van der Waals surface area contributed by atoms with E-state index in [4.69, 9.17) is 5.11 Å². The molecule has 0 atom stereocenters. The van der Waals surface area contributed by atoms with E-state index in [0.29, 0.717) is 6.54 Å². The highest BCUT2D eigenvalue weighted by molar-refractivity contribution is 5.89. The zero-order chi connectivity index (χ0) is 18.5. The van der Waals surface area contributed by atoms with Crippen LogP contribution in [0.15, 0.2) is 43.0 Å². The summed E-state index contributed by atoms with van der Waals surface area (Å²) < 4.78 is 16.0. The number of hydrogen-bond donors (Lipinski definition) is 2. The molecule has 0 aliphatic rings. The van der Waals surface area contributed by atoms with E-state index >= 15 is 0 Å². The van der Waals surface area contributed by atoms with Crippen LogP contribution in [0.3, 0.4) is 0 Å². The SMILES string of the molecule is O=C(CCn1cc(C(=O)O)cn1)Nc1ncn(Cc2cccc(F)c2)n1. The molecule has 0 saturated carbocycles. The number of rotatable bonds is 7. The van der Waals surface area contributed by atoms with Crippen molar-refractivity contribution in [3.05, 3.63) is 59.9 Å². The smallest absolute Gasteiger partial charge is 0.338 e. The first kappa shape index (κ1) is 17.3. The maximum Gasteiger partial charge on any atom is 0.338 e. The van der Waals surface area contributed by atoms with Crippen LogP contribution in [0.1, 0.15) is 22.3 Å². The molecule has 0 spiro atoms. The molecule has 0 bridgehead atoms. The summed E-state index contributed by atoms with van der Waals surface area (Å²) in [4.78, 5) is 26.7. The number of halogens is 1. The van der Waals surface area contributed by atoms with Gasteiger partial charge in [0.1, 0.15) is 12.1 Å².